The van der Waals surface area contributed by atoms with Crippen molar-refractivity contribution >= 4 is 21.6 Å². The van der Waals surface area contributed by atoms with E-state index in [0.717, 1.165) is 15.6 Å². The Kier molecular flexibility index (Phi) is 6.17. The van der Waals surface area contributed by atoms with Gasteiger partial charge in [0.2, 0.25) is 10.0 Å². The van der Waals surface area contributed by atoms with Crippen molar-refractivity contribution in [1.82, 2.24) is 9.62 Å². The van der Waals surface area contributed by atoms with Gasteiger partial charge in [-0.15, -0.1) is 0 Å². The van der Waals surface area contributed by atoms with Gasteiger partial charge in [-0.25, -0.2) is 12.7 Å². The highest BCUT2D eigenvalue weighted by Gasteiger charge is 2.15. The van der Waals surface area contributed by atoms with Gasteiger partial charge in [0.25, 0.3) is 5.91 Å². The lowest BCUT2D eigenvalue weighted by atomic mass is 10.1. The van der Waals surface area contributed by atoms with Gasteiger partial charge < -0.3 is 10.6 Å². The van der Waals surface area contributed by atoms with Gasteiger partial charge in [-0.1, -0.05) is 6.07 Å². The van der Waals surface area contributed by atoms with E-state index in [1.807, 2.05) is 26.0 Å². The lowest BCUT2D eigenvalue weighted by Gasteiger charge is -2.14. The Morgan fingerprint density at radius 2 is 1.95 bits per heavy atom. The van der Waals surface area contributed by atoms with Crippen LogP contribution in [0.3, 0.4) is 0 Å². The van der Waals surface area contributed by atoms with Crippen molar-refractivity contribution in [3.8, 4) is 0 Å². The number of rotatable bonds is 7. The molecule has 1 aromatic carbocycles. The number of nitrogens with zero attached hydrogens (tertiary/aromatic N) is 1. The molecule has 7 heteroatoms. The maximum absolute atomic E-state index is 12.1. The smallest absolute Gasteiger partial charge is 0.253 e. The van der Waals surface area contributed by atoms with Crippen molar-refractivity contribution in [1.29, 1.82) is 0 Å². The van der Waals surface area contributed by atoms with E-state index in [1.165, 1.54) is 14.1 Å². The third-order valence-electron chi connectivity index (χ3n) is 2.99. The molecule has 2 N–H and O–H groups in total. The fourth-order valence-corrected chi connectivity index (χ4v) is 2.49. The molecule has 0 atom stereocenters. The second kappa shape index (κ2) is 7.42. The molecule has 0 spiro atoms. The molecule has 0 radical (unpaired) electrons. The molecular weight excluding hydrogens is 290 g/mol. The second-order valence-corrected chi connectivity index (χ2v) is 7.24. The minimum absolute atomic E-state index is 0.0821. The zero-order chi connectivity index (χ0) is 16.0. The van der Waals surface area contributed by atoms with E-state index in [-0.39, 0.29) is 18.2 Å². The summed E-state index contributed by atoms with van der Waals surface area (Å²) in [6.07, 6.45) is 0. The van der Waals surface area contributed by atoms with E-state index >= 15 is 0 Å². The third-order valence-corrected chi connectivity index (χ3v) is 4.82. The van der Waals surface area contributed by atoms with Crippen LogP contribution in [0, 0.1) is 6.92 Å². The number of benzene rings is 1. The molecule has 0 saturated heterocycles. The molecule has 0 aliphatic rings. The topological polar surface area (TPSA) is 78.5 Å². The minimum atomic E-state index is -3.30. The number of carbonyl (C=O) groups is 1. The van der Waals surface area contributed by atoms with E-state index in [4.69, 9.17) is 0 Å². The summed E-state index contributed by atoms with van der Waals surface area (Å²) in [6, 6.07) is 5.49. The molecule has 0 fully saturated rings. The molecule has 1 amide bonds. The van der Waals surface area contributed by atoms with Crippen LogP contribution >= 0.6 is 0 Å². The molecule has 0 saturated carbocycles. The van der Waals surface area contributed by atoms with Crippen LogP contribution < -0.4 is 10.6 Å². The van der Waals surface area contributed by atoms with Gasteiger partial charge in [0.1, 0.15) is 0 Å². The van der Waals surface area contributed by atoms with Crippen LogP contribution in [0.4, 0.5) is 5.69 Å². The van der Waals surface area contributed by atoms with Crippen molar-refractivity contribution in [3.63, 3.8) is 0 Å². The Morgan fingerprint density at radius 1 is 1.29 bits per heavy atom. The van der Waals surface area contributed by atoms with E-state index in [2.05, 4.69) is 10.6 Å². The molecule has 0 unspecified atom stereocenters. The average Bonchev–Trinajstić information content (AvgIpc) is 2.38. The highest BCUT2D eigenvalue weighted by molar-refractivity contribution is 7.89. The molecule has 0 aliphatic heterocycles. The van der Waals surface area contributed by atoms with Crippen LogP contribution in [0.25, 0.3) is 0 Å². The monoisotopic (exact) mass is 313 g/mol. The summed E-state index contributed by atoms with van der Waals surface area (Å²) in [4.78, 5) is 12.1. The molecule has 21 heavy (non-hydrogen) atoms. The van der Waals surface area contributed by atoms with Gasteiger partial charge in [0, 0.05) is 32.9 Å². The molecule has 1 aromatic rings. The van der Waals surface area contributed by atoms with Crippen molar-refractivity contribution in [3.05, 3.63) is 29.3 Å². The first-order valence-corrected chi connectivity index (χ1v) is 8.41. The molecule has 6 nitrogen and oxygen atoms in total. The number of carbonyl (C=O) groups excluding carboxylic acids is 1. The maximum Gasteiger partial charge on any atom is 0.253 e. The highest BCUT2D eigenvalue weighted by Crippen LogP contribution is 2.17. The number of sulfonamides is 1. The largest absolute Gasteiger partial charge is 0.385 e. The van der Waals surface area contributed by atoms with Crippen LogP contribution in [0.5, 0.6) is 0 Å². The van der Waals surface area contributed by atoms with Crippen LogP contribution in [-0.4, -0.2) is 51.6 Å². The molecule has 1 rings (SSSR count). The summed E-state index contributed by atoms with van der Waals surface area (Å²) in [5.74, 6) is -0.395. The molecular formula is C14H23N3O3S. The first-order valence-electron chi connectivity index (χ1n) is 6.81. The molecule has 118 valence electrons. The summed E-state index contributed by atoms with van der Waals surface area (Å²) < 4.78 is 24.4. The predicted octanol–water partition coefficient (Wildman–Crippen LogP) is 1.05. The van der Waals surface area contributed by atoms with E-state index in [9.17, 15) is 13.2 Å². The molecule has 0 bridgehead atoms. The number of hydrogen-bond donors (Lipinski definition) is 2. The van der Waals surface area contributed by atoms with Gasteiger partial charge in [0.15, 0.2) is 0 Å². The normalized spacial score (nSPS) is 11.5. The van der Waals surface area contributed by atoms with Gasteiger partial charge in [-0.2, -0.15) is 0 Å². The quantitative estimate of drug-likeness (QED) is 0.788. The summed E-state index contributed by atoms with van der Waals surface area (Å²) in [5, 5.41) is 5.78. The highest BCUT2D eigenvalue weighted by atomic mass is 32.2. The van der Waals surface area contributed by atoms with Crippen LogP contribution in [0.1, 0.15) is 22.8 Å². The minimum Gasteiger partial charge on any atom is -0.385 e. The van der Waals surface area contributed by atoms with Crippen molar-refractivity contribution < 1.29 is 13.2 Å². The SMILES string of the molecule is CCNc1cc(C)ccc1C(=O)NCCS(=O)(=O)N(C)C. The first-order chi connectivity index (χ1) is 9.77. The lowest BCUT2D eigenvalue weighted by molar-refractivity contribution is 0.0957. The Balaban J connectivity index is 2.72. The number of aryl methyl sites for hydroxylation is 1. The Bertz CT molecular complexity index is 597. The van der Waals surface area contributed by atoms with Crippen molar-refractivity contribution in [2.24, 2.45) is 0 Å². The predicted molar refractivity (Wildman–Crippen MR) is 85.1 cm³/mol. The lowest BCUT2D eigenvalue weighted by Crippen LogP contribution is -2.34. The van der Waals surface area contributed by atoms with E-state index < -0.39 is 10.0 Å². The number of hydrogen-bond acceptors (Lipinski definition) is 4. The first kappa shape index (κ1) is 17.5. The molecule has 0 heterocycles. The fraction of sp³-hybridized carbons (Fsp3) is 0.500. The second-order valence-electron chi connectivity index (χ2n) is 4.93. The Hall–Kier alpha value is -1.60. The fourth-order valence-electron chi connectivity index (χ4n) is 1.76. The van der Waals surface area contributed by atoms with Gasteiger partial charge in [-0.3, -0.25) is 4.79 Å². The van der Waals surface area contributed by atoms with Gasteiger partial charge in [0.05, 0.1) is 11.3 Å². The maximum atomic E-state index is 12.1. The van der Waals surface area contributed by atoms with E-state index in [1.54, 1.807) is 6.07 Å². The third kappa shape index (κ3) is 5.02. The summed E-state index contributed by atoms with van der Waals surface area (Å²) in [5.41, 5.74) is 2.33. The number of nitrogens with one attached hydrogen (secondary N) is 2. The standard InChI is InChI=1S/C14H23N3O3S/c1-5-15-13-10-11(2)6-7-12(13)14(18)16-8-9-21(19,20)17(3)4/h6-7,10,15H,5,8-9H2,1-4H3,(H,16,18). The van der Waals surface area contributed by atoms with Gasteiger partial charge >= 0.3 is 0 Å². The van der Waals surface area contributed by atoms with Crippen molar-refractivity contribution in [2.75, 3.05) is 38.3 Å². The number of amides is 1. The summed E-state index contributed by atoms with van der Waals surface area (Å²) >= 11 is 0. The van der Waals surface area contributed by atoms with Crippen LogP contribution in [-0.2, 0) is 10.0 Å². The van der Waals surface area contributed by atoms with E-state index in [0.29, 0.717) is 12.1 Å². The molecule has 0 aliphatic carbocycles. The van der Waals surface area contributed by atoms with Gasteiger partial charge in [-0.05, 0) is 31.5 Å². The van der Waals surface area contributed by atoms with Crippen LogP contribution in [0.15, 0.2) is 18.2 Å². The number of anilines is 1. The molecule has 0 aromatic heterocycles. The zero-order valence-electron chi connectivity index (χ0n) is 12.9. The summed E-state index contributed by atoms with van der Waals surface area (Å²) in [7, 11) is -0.355. The van der Waals surface area contributed by atoms with Crippen LogP contribution in [0.2, 0.25) is 0 Å². The Labute approximate surface area is 126 Å². The average molecular weight is 313 g/mol. The van der Waals surface area contributed by atoms with Crippen molar-refractivity contribution in [2.45, 2.75) is 13.8 Å². The summed E-state index contributed by atoms with van der Waals surface area (Å²) in [6.45, 7) is 4.69. The zero-order valence-corrected chi connectivity index (χ0v) is 13.8. The Morgan fingerprint density at radius 3 is 2.52 bits per heavy atom.